The maximum Gasteiger partial charge on any atom is -1.00 e. The quantitative estimate of drug-likeness (QED) is 0.595. The molecule has 1 aliphatic heterocycles. The molecule has 3 atom stereocenters. The van der Waals surface area contributed by atoms with E-state index in [9.17, 15) is 0 Å². The summed E-state index contributed by atoms with van der Waals surface area (Å²) < 4.78 is 4.72. The van der Waals surface area contributed by atoms with Gasteiger partial charge in [0.25, 0.3) is 0 Å². The zero-order valence-corrected chi connectivity index (χ0v) is 18.6. The molecule has 0 bridgehead atoms. The van der Waals surface area contributed by atoms with Crippen molar-refractivity contribution >= 4 is 0 Å². The third-order valence-corrected chi connectivity index (χ3v) is 22.7. The normalized spacial score (nSPS) is 36.6. The van der Waals surface area contributed by atoms with Crippen molar-refractivity contribution < 1.29 is 45.1 Å². The molecule has 5 rings (SSSR count). The van der Waals surface area contributed by atoms with Crippen LogP contribution in [-0.2, 0) is 20.3 Å². The van der Waals surface area contributed by atoms with Gasteiger partial charge < -0.3 is 24.8 Å². The summed E-state index contributed by atoms with van der Waals surface area (Å²) in [6, 6.07) is 0. The fourth-order valence-corrected chi connectivity index (χ4v) is 24.2. The van der Waals surface area contributed by atoms with Crippen molar-refractivity contribution in [3.63, 3.8) is 0 Å². The second-order valence-corrected chi connectivity index (χ2v) is 20.4. The van der Waals surface area contributed by atoms with E-state index in [4.69, 9.17) is 0 Å². The summed E-state index contributed by atoms with van der Waals surface area (Å²) in [5.74, 6) is 0. The van der Waals surface area contributed by atoms with Crippen molar-refractivity contribution in [2.45, 2.75) is 73.3 Å². The van der Waals surface area contributed by atoms with E-state index in [-0.39, 0.29) is 24.8 Å². The van der Waals surface area contributed by atoms with Gasteiger partial charge in [-0.15, -0.1) is 0 Å². The first-order chi connectivity index (χ1) is 10.8. The minimum absolute atomic E-state index is 0. The smallest absolute Gasteiger partial charge is 1.00 e. The number of allylic oxidation sites excluding steroid dienone is 8. The second kappa shape index (κ2) is 7.21. The van der Waals surface area contributed by atoms with Gasteiger partial charge in [0.2, 0.25) is 0 Å². The predicted octanol–water partition coefficient (Wildman–Crippen LogP) is 0.846. The van der Waals surface area contributed by atoms with Crippen molar-refractivity contribution in [3.05, 3.63) is 46.6 Å². The van der Waals surface area contributed by atoms with Crippen LogP contribution in [-0.4, -0.2) is 0 Å². The maximum absolute atomic E-state index is 2.70. The minimum Gasteiger partial charge on any atom is -1.00 e. The third kappa shape index (κ3) is 2.73. The number of halogens is 2. The monoisotopic (exact) mass is 440 g/mol. The van der Waals surface area contributed by atoms with Gasteiger partial charge in [-0.3, -0.25) is 0 Å². The molecule has 24 heavy (non-hydrogen) atoms. The first kappa shape index (κ1) is 19.2. The number of hydrogen-bond acceptors (Lipinski definition) is 0. The van der Waals surface area contributed by atoms with E-state index in [1.807, 2.05) is 11.1 Å². The molecule has 4 aliphatic carbocycles. The molecule has 1 fully saturated rings. The Morgan fingerprint density at radius 2 is 1.17 bits per heavy atom. The van der Waals surface area contributed by atoms with Gasteiger partial charge >= 0.3 is 140 Å². The summed E-state index contributed by atoms with van der Waals surface area (Å²) in [4.78, 5) is 0. The van der Waals surface area contributed by atoms with Crippen molar-refractivity contribution in [1.29, 1.82) is 0 Å². The third-order valence-electron chi connectivity index (χ3n) is 7.42. The van der Waals surface area contributed by atoms with E-state index in [1.54, 1.807) is 15.3 Å². The van der Waals surface area contributed by atoms with Crippen LogP contribution in [0.5, 0.6) is 0 Å². The van der Waals surface area contributed by atoms with Gasteiger partial charge in [0.15, 0.2) is 0 Å². The molecule has 0 spiro atoms. The number of rotatable bonds is 2. The Kier molecular flexibility index (Phi) is 5.76. The topological polar surface area (TPSA) is 0 Å². The second-order valence-electron chi connectivity index (χ2n) is 8.41. The molecule has 0 aromatic heterocycles. The zero-order valence-electron chi connectivity index (χ0n) is 14.7. The molecule has 1 saturated heterocycles. The maximum atomic E-state index is 2.70. The van der Waals surface area contributed by atoms with Gasteiger partial charge in [0.1, 0.15) is 0 Å². The fourth-order valence-electron chi connectivity index (χ4n) is 6.19. The molecule has 0 amide bonds. The van der Waals surface area contributed by atoms with Crippen LogP contribution < -0.4 is 24.8 Å². The molecule has 130 valence electrons. The average molecular weight is 443 g/mol. The molecule has 5 aliphatic rings. The van der Waals surface area contributed by atoms with Gasteiger partial charge in [-0.05, 0) is 0 Å². The molecule has 0 N–H and O–H groups in total. The summed E-state index contributed by atoms with van der Waals surface area (Å²) in [6.45, 7) is 2.61. The van der Waals surface area contributed by atoms with E-state index in [0.717, 1.165) is 10.9 Å². The summed E-state index contributed by atoms with van der Waals surface area (Å²) in [6.07, 6.45) is 21.9. The van der Waals surface area contributed by atoms with Gasteiger partial charge in [-0.2, -0.15) is 0 Å². The van der Waals surface area contributed by atoms with Gasteiger partial charge in [-0.1, -0.05) is 0 Å². The Bertz CT molecular complexity index is 592. The van der Waals surface area contributed by atoms with Crippen LogP contribution in [0, 0.1) is 0 Å². The molecule has 3 unspecified atom stereocenters. The van der Waals surface area contributed by atoms with Crippen LogP contribution >= 0.6 is 0 Å². The van der Waals surface area contributed by atoms with Crippen LogP contribution in [0.4, 0.5) is 0 Å². The molecule has 0 nitrogen and oxygen atoms in total. The van der Waals surface area contributed by atoms with Crippen molar-refractivity contribution in [1.82, 2.24) is 0 Å². The molecule has 3 heteroatoms. The van der Waals surface area contributed by atoms with Crippen LogP contribution in [0.1, 0.15) is 58.3 Å². The Labute approximate surface area is 164 Å². The van der Waals surface area contributed by atoms with Gasteiger partial charge in [0.05, 0.1) is 0 Å². The standard InChI is InChI=1S/2C9H11.C3H6.2ClH.Zr/c2*1-2-5-9-7-3-6-8(9)4-1;1-3-2;;;/h2*3,6-7H,1-2,4-5H2;3H,1H2,2H3;2*1H;/q;;;;;+2/p-2. The van der Waals surface area contributed by atoms with Crippen LogP contribution in [0.2, 0.25) is 15.0 Å². The summed E-state index contributed by atoms with van der Waals surface area (Å²) in [5.41, 5.74) is 7.41. The summed E-state index contributed by atoms with van der Waals surface area (Å²) in [7, 11) is 0. The van der Waals surface area contributed by atoms with E-state index < -0.39 is 20.3 Å². The van der Waals surface area contributed by atoms with Crippen molar-refractivity contribution in [2.75, 3.05) is 0 Å². The summed E-state index contributed by atoms with van der Waals surface area (Å²) >= 11 is -2.09. The Morgan fingerprint density at radius 1 is 0.750 bits per heavy atom. The predicted molar refractivity (Wildman–Crippen MR) is 91.0 cm³/mol. The van der Waals surface area contributed by atoms with Crippen LogP contribution in [0.15, 0.2) is 46.6 Å². The van der Waals surface area contributed by atoms with Crippen molar-refractivity contribution in [3.8, 4) is 0 Å². The zero-order chi connectivity index (χ0) is 14.7. The van der Waals surface area contributed by atoms with E-state index in [0.29, 0.717) is 0 Å². The average Bonchev–Trinajstić information content (AvgIpc) is 2.96. The Hall–Kier alpha value is 0.423. The molecule has 0 aromatic carbocycles. The molecule has 0 radical (unpaired) electrons. The summed E-state index contributed by atoms with van der Waals surface area (Å²) in [5, 5.41) is 0. The van der Waals surface area contributed by atoms with Gasteiger partial charge in [-0.25, -0.2) is 0 Å². The first-order valence-corrected chi connectivity index (χ1v) is 15.6. The molecular formula is C21H28Cl2Zr. The molecular weight excluding hydrogens is 414 g/mol. The van der Waals surface area contributed by atoms with Gasteiger partial charge in [0, 0.05) is 0 Å². The Balaban J connectivity index is 0.000000845. The number of hydrogen-bond donors (Lipinski definition) is 0. The molecule has 0 saturated carbocycles. The largest absolute Gasteiger partial charge is 1.00 e. The Morgan fingerprint density at radius 3 is 1.58 bits per heavy atom. The SMILES string of the molecule is C[CH]1[CH2][Zr+2]1([CH]1C=CC2=C1CCCC2)[CH]1C=CC2=C1CCCC2.[Cl-].[Cl-]. The van der Waals surface area contributed by atoms with Crippen molar-refractivity contribution in [2.24, 2.45) is 0 Å². The molecule has 0 aromatic rings. The van der Waals surface area contributed by atoms with E-state index in [1.165, 1.54) is 51.4 Å². The minimum atomic E-state index is -2.09. The first-order valence-electron chi connectivity index (χ1n) is 9.61. The van der Waals surface area contributed by atoms with Crippen LogP contribution in [0.3, 0.4) is 0 Å². The molecule has 1 heterocycles. The van der Waals surface area contributed by atoms with E-state index >= 15 is 0 Å². The fraction of sp³-hybridized carbons (Fsp3) is 0.619. The van der Waals surface area contributed by atoms with Crippen LogP contribution in [0.25, 0.3) is 0 Å². The van der Waals surface area contributed by atoms with E-state index in [2.05, 4.69) is 31.2 Å².